The van der Waals surface area contributed by atoms with E-state index in [0.717, 1.165) is 5.56 Å². The minimum Gasteiger partial charge on any atom is -0.344 e. The highest BCUT2D eigenvalue weighted by Gasteiger charge is 2.29. The minimum absolute atomic E-state index is 0.196. The van der Waals surface area contributed by atoms with Crippen molar-refractivity contribution in [3.8, 4) is 0 Å². The highest BCUT2D eigenvalue weighted by Crippen LogP contribution is 2.21. The van der Waals surface area contributed by atoms with Crippen LogP contribution in [-0.4, -0.2) is 23.2 Å². The minimum atomic E-state index is -0.574. The topological polar surface area (TPSA) is 29.1 Å². The van der Waals surface area contributed by atoms with E-state index in [1.165, 1.54) is 0 Å². The van der Waals surface area contributed by atoms with Gasteiger partial charge < -0.3 is 5.32 Å². The van der Waals surface area contributed by atoms with Crippen molar-refractivity contribution in [2.75, 3.05) is 11.8 Å². The molecule has 5 heteroatoms. The predicted molar refractivity (Wildman–Crippen MR) is 78.1 cm³/mol. The molecule has 0 saturated heterocycles. The van der Waals surface area contributed by atoms with Gasteiger partial charge in [0.2, 0.25) is 0 Å². The van der Waals surface area contributed by atoms with Gasteiger partial charge in [0.05, 0.1) is 5.54 Å². The Morgan fingerprint density at radius 3 is 2.44 bits per heavy atom. The molecule has 0 aromatic heterocycles. The molecule has 0 aliphatic rings. The second-order valence-corrected chi connectivity index (χ2v) is 5.21. The number of rotatable bonds is 5. The van der Waals surface area contributed by atoms with Gasteiger partial charge in [0.1, 0.15) is 0 Å². The third-order valence-electron chi connectivity index (χ3n) is 3.08. The molecule has 0 fully saturated rings. The summed E-state index contributed by atoms with van der Waals surface area (Å²) in [6.07, 6.45) is 0.672. The van der Waals surface area contributed by atoms with Crippen LogP contribution < -0.4 is 5.32 Å². The van der Waals surface area contributed by atoms with E-state index >= 15 is 0 Å². The smallest absolute Gasteiger partial charge is 0.252 e. The van der Waals surface area contributed by atoms with E-state index in [0.29, 0.717) is 17.0 Å². The van der Waals surface area contributed by atoms with Crippen molar-refractivity contribution in [1.82, 2.24) is 5.32 Å². The summed E-state index contributed by atoms with van der Waals surface area (Å²) in [4.78, 5) is 12.2. The Kier molecular flexibility index (Phi) is 5.77. The Hall–Kier alpha value is -0.440. The molecule has 1 aromatic rings. The molecule has 1 rings (SSSR count). The molecule has 1 amide bonds. The molecule has 0 aliphatic carbocycles. The standard InChI is InChI=1S/C13H16Cl3NO/c1-3-13(7-14,8-15)17-12(18)10-5-4-6-11(16)9(10)2/h4-6H,3,7-8H2,1-2H3,(H,17,18). The third-order valence-corrected chi connectivity index (χ3v) is 4.51. The highest BCUT2D eigenvalue weighted by atomic mass is 35.5. The zero-order chi connectivity index (χ0) is 13.8. The van der Waals surface area contributed by atoms with E-state index in [1.807, 2.05) is 13.8 Å². The van der Waals surface area contributed by atoms with Crippen LogP contribution in [0.2, 0.25) is 5.02 Å². The molecule has 1 N–H and O–H groups in total. The largest absolute Gasteiger partial charge is 0.344 e. The number of halogens is 3. The van der Waals surface area contributed by atoms with Gasteiger partial charge >= 0.3 is 0 Å². The van der Waals surface area contributed by atoms with Gasteiger partial charge in [-0.1, -0.05) is 24.6 Å². The summed E-state index contributed by atoms with van der Waals surface area (Å²) in [5.41, 5.74) is 0.732. The molecule has 0 aliphatic heterocycles. The van der Waals surface area contributed by atoms with Crippen LogP contribution in [0.1, 0.15) is 29.3 Å². The van der Waals surface area contributed by atoms with E-state index in [9.17, 15) is 4.79 Å². The van der Waals surface area contributed by atoms with Gasteiger partial charge in [0, 0.05) is 22.3 Å². The summed E-state index contributed by atoms with van der Waals surface area (Å²) in [5.74, 6) is 0.356. The second kappa shape index (κ2) is 6.65. The quantitative estimate of drug-likeness (QED) is 0.818. The maximum absolute atomic E-state index is 12.2. The van der Waals surface area contributed by atoms with Gasteiger partial charge in [-0.05, 0) is 31.0 Å². The average molecular weight is 309 g/mol. The van der Waals surface area contributed by atoms with Gasteiger partial charge in [0.25, 0.3) is 5.91 Å². The summed E-state index contributed by atoms with van der Waals surface area (Å²) in [7, 11) is 0. The SMILES string of the molecule is CCC(CCl)(CCl)NC(=O)c1cccc(Cl)c1C. The fraction of sp³-hybridized carbons (Fsp3) is 0.462. The van der Waals surface area contributed by atoms with Crippen LogP contribution in [0.25, 0.3) is 0 Å². The number of hydrogen-bond donors (Lipinski definition) is 1. The number of carbonyl (C=O) groups excluding carboxylic acids is 1. The number of benzene rings is 1. The molecule has 0 radical (unpaired) electrons. The van der Waals surface area contributed by atoms with Crippen LogP contribution in [0, 0.1) is 6.92 Å². The Balaban J connectivity index is 2.98. The van der Waals surface area contributed by atoms with Gasteiger partial charge in [-0.2, -0.15) is 0 Å². The average Bonchev–Trinajstić information content (AvgIpc) is 2.39. The summed E-state index contributed by atoms with van der Waals surface area (Å²) >= 11 is 17.8. The lowest BCUT2D eigenvalue weighted by molar-refractivity contribution is 0.0913. The maximum atomic E-state index is 12.2. The van der Waals surface area contributed by atoms with E-state index in [-0.39, 0.29) is 17.7 Å². The van der Waals surface area contributed by atoms with Crippen molar-refractivity contribution < 1.29 is 4.79 Å². The highest BCUT2D eigenvalue weighted by molar-refractivity contribution is 6.31. The van der Waals surface area contributed by atoms with Crippen LogP contribution in [0.4, 0.5) is 0 Å². The van der Waals surface area contributed by atoms with Crippen LogP contribution in [0.5, 0.6) is 0 Å². The Bertz CT molecular complexity index is 422. The maximum Gasteiger partial charge on any atom is 0.252 e. The van der Waals surface area contributed by atoms with Crippen molar-refractivity contribution in [3.63, 3.8) is 0 Å². The van der Waals surface area contributed by atoms with Crippen LogP contribution in [0.15, 0.2) is 18.2 Å². The molecular formula is C13H16Cl3NO. The molecule has 0 spiro atoms. The lowest BCUT2D eigenvalue weighted by Crippen LogP contribution is -2.51. The van der Waals surface area contributed by atoms with E-state index < -0.39 is 5.54 Å². The number of alkyl halides is 2. The summed E-state index contributed by atoms with van der Waals surface area (Å²) in [6, 6.07) is 5.24. The second-order valence-electron chi connectivity index (χ2n) is 4.27. The molecule has 0 unspecified atom stereocenters. The molecular weight excluding hydrogens is 293 g/mol. The molecule has 100 valence electrons. The van der Waals surface area contributed by atoms with E-state index in [4.69, 9.17) is 34.8 Å². The fourth-order valence-electron chi connectivity index (χ4n) is 1.54. The van der Waals surface area contributed by atoms with Crippen LogP contribution in [0.3, 0.4) is 0 Å². The molecule has 0 heterocycles. The van der Waals surface area contributed by atoms with Crippen molar-refractivity contribution in [2.24, 2.45) is 0 Å². The molecule has 0 bridgehead atoms. The monoisotopic (exact) mass is 307 g/mol. The van der Waals surface area contributed by atoms with Gasteiger partial charge in [-0.3, -0.25) is 4.79 Å². The third kappa shape index (κ3) is 3.31. The zero-order valence-electron chi connectivity index (χ0n) is 10.4. The summed E-state index contributed by atoms with van der Waals surface area (Å²) in [5, 5.41) is 3.47. The summed E-state index contributed by atoms with van der Waals surface area (Å²) < 4.78 is 0. The first-order valence-electron chi connectivity index (χ1n) is 5.69. The van der Waals surface area contributed by atoms with E-state index in [2.05, 4.69) is 5.32 Å². The van der Waals surface area contributed by atoms with Gasteiger partial charge in [0.15, 0.2) is 0 Å². The first-order valence-corrected chi connectivity index (χ1v) is 7.14. The van der Waals surface area contributed by atoms with Crippen LogP contribution >= 0.6 is 34.8 Å². The Labute approximate surface area is 123 Å². The lowest BCUT2D eigenvalue weighted by Gasteiger charge is -2.29. The first kappa shape index (κ1) is 15.6. The van der Waals surface area contributed by atoms with E-state index in [1.54, 1.807) is 18.2 Å². The Morgan fingerprint density at radius 1 is 1.33 bits per heavy atom. The van der Waals surface area contributed by atoms with Crippen LogP contribution in [-0.2, 0) is 0 Å². The van der Waals surface area contributed by atoms with Crippen molar-refractivity contribution in [2.45, 2.75) is 25.8 Å². The molecule has 0 saturated carbocycles. The zero-order valence-corrected chi connectivity index (χ0v) is 12.7. The number of amides is 1. The summed E-state index contributed by atoms with van der Waals surface area (Å²) in [6.45, 7) is 3.75. The van der Waals surface area contributed by atoms with Crippen molar-refractivity contribution >= 4 is 40.7 Å². The predicted octanol–water partition coefficient (Wildman–Crippen LogP) is 4.00. The molecule has 2 nitrogen and oxygen atoms in total. The number of hydrogen-bond acceptors (Lipinski definition) is 1. The molecule has 18 heavy (non-hydrogen) atoms. The Morgan fingerprint density at radius 2 is 1.94 bits per heavy atom. The lowest BCUT2D eigenvalue weighted by atomic mass is 9.99. The van der Waals surface area contributed by atoms with Crippen molar-refractivity contribution in [3.05, 3.63) is 34.3 Å². The molecule has 1 aromatic carbocycles. The van der Waals surface area contributed by atoms with Gasteiger partial charge in [-0.25, -0.2) is 0 Å². The fourth-order valence-corrected chi connectivity index (χ4v) is 2.51. The number of nitrogens with one attached hydrogen (secondary N) is 1. The van der Waals surface area contributed by atoms with Gasteiger partial charge in [-0.15, -0.1) is 23.2 Å². The normalized spacial score (nSPS) is 11.4. The van der Waals surface area contributed by atoms with Crippen molar-refractivity contribution in [1.29, 1.82) is 0 Å². The number of carbonyl (C=O) groups is 1. The molecule has 0 atom stereocenters. The first-order chi connectivity index (χ1) is 8.49.